The van der Waals surface area contributed by atoms with E-state index in [0.29, 0.717) is 27.7 Å². The number of amides is 1. The average Bonchev–Trinajstić information content (AvgIpc) is 3.07. The molecule has 0 aliphatic rings. The molecule has 31 heavy (non-hydrogen) atoms. The first-order valence-electron chi connectivity index (χ1n) is 9.40. The van der Waals surface area contributed by atoms with Crippen molar-refractivity contribution in [2.75, 3.05) is 13.2 Å². The van der Waals surface area contributed by atoms with E-state index in [1.165, 1.54) is 0 Å². The fourth-order valence-corrected chi connectivity index (χ4v) is 3.57. The first-order chi connectivity index (χ1) is 14.8. The van der Waals surface area contributed by atoms with Crippen molar-refractivity contribution in [1.29, 1.82) is 0 Å². The highest BCUT2D eigenvalue weighted by Gasteiger charge is 2.23. The highest BCUT2D eigenvalue weighted by molar-refractivity contribution is 6.33. The molecule has 162 valence electrons. The molecule has 3 aromatic rings. The molecular weight excluding hydrogens is 443 g/mol. The Bertz CT molecular complexity index is 1130. The fraction of sp³-hybridized carbons (Fsp3) is 0.227. The lowest BCUT2D eigenvalue weighted by atomic mass is 10.0. The number of halogens is 2. The van der Waals surface area contributed by atoms with Gasteiger partial charge in [-0.25, -0.2) is 0 Å². The van der Waals surface area contributed by atoms with Gasteiger partial charge in [0.1, 0.15) is 29.4 Å². The molecular formula is C22H20Cl2N2O5. The van der Waals surface area contributed by atoms with Gasteiger partial charge < -0.3 is 19.7 Å². The van der Waals surface area contributed by atoms with Gasteiger partial charge in [-0.1, -0.05) is 40.5 Å². The summed E-state index contributed by atoms with van der Waals surface area (Å²) in [6, 6.07) is 10.1. The Balaban J connectivity index is 1.69. The van der Waals surface area contributed by atoms with Crippen molar-refractivity contribution in [3.63, 3.8) is 0 Å². The molecule has 0 saturated heterocycles. The Morgan fingerprint density at radius 3 is 2.61 bits per heavy atom. The van der Waals surface area contributed by atoms with Gasteiger partial charge in [-0.3, -0.25) is 9.59 Å². The van der Waals surface area contributed by atoms with Crippen LogP contribution in [-0.4, -0.2) is 35.3 Å². The molecule has 0 radical (unpaired) electrons. The summed E-state index contributed by atoms with van der Waals surface area (Å²) in [5.41, 5.74) is 2.47. The lowest BCUT2D eigenvalue weighted by Gasteiger charge is -2.11. The largest absolute Gasteiger partial charge is 0.491 e. The third-order valence-corrected chi connectivity index (χ3v) is 5.06. The Kier molecular flexibility index (Phi) is 7.20. The number of aromatic nitrogens is 1. The molecule has 1 amide bonds. The van der Waals surface area contributed by atoms with E-state index in [2.05, 4.69) is 10.5 Å². The van der Waals surface area contributed by atoms with Gasteiger partial charge in [0, 0.05) is 10.6 Å². The minimum Gasteiger partial charge on any atom is -0.491 e. The molecule has 0 aliphatic carbocycles. The monoisotopic (exact) mass is 462 g/mol. The van der Waals surface area contributed by atoms with Gasteiger partial charge in [0.25, 0.3) is 5.91 Å². The number of rotatable bonds is 8. The Labute approximate surface area is 188 Å². The van der Waals surface area contributed by atoms with Gasteiger partial charge in [-0.2, -0.15) is 0 Å². The number of aryl methyl sites for hydroxylation is 2. The van der Waals surface area contributed by atoms with Crippen LogP contribution in [0.1, 0.15) is 27.2 Å². The van der Waals surface area contributed by atoms with E-state index in [1.54, 1.807) is 43.3 Å². The predicted octanol–water partition coefficient (Wildman–Crippen LogP) is 4.70. The Morgan fingerprint density at radius 2 is 1.94 bits per heavy atom. The van der Waals surface area contributed by atoms with E-state index in [-0.39, 0.29) is 41.8 Å². The maximum atomic E-state index is 12.8. The summed E-state index contributed by atoms with van der Waals surface area (Å²) in [6.45, 7) is 4.04. The summed E-state index contributed by atoms with van der Waals surface area (Å²) in [7, 11) is 0. The normalized spacial score (nSPS) is 10.7. The van der Waals surface area contributed by atoms with E-state index >= 15 is 0 Å². The molecule has 3 rings (SSSR count). The zero-order valence-corrected chi connectivity index (χ0v) is 18.4. The molecule has 2 N–H and O–H groups in total. The summed E-state index contributed by atoms with van der Waals surface area (Å²) in [5, 5.41) is 16.6. The van der Waals surface area contributed by atoms with Gasteiger partial charge in [-0.15, -0.1) is 0 Å². The average molecular weight is 463 g/mol. The molecule has 0 unspecified atom stereocenters. The Morgan fingerprint density at radius 1 is 1.16 bits per heavy atom. The molecule has 9 heteroatoms. The van der Waals surface area contributed by atoms with Crippen molar-refractivity contribution >= 4 is 35.1 Å². The van der Waals surface area contributed by atoms with Crippen LogP contribution in [0.4, 0.5) is 0 Å². The third-order valence-electron chi connectivity index (χ3n) is 4.52. The predicted molar refractivity (Wildman–Crippen MR) is 117 cm³/mol. The summed E-state index contributed by atoms with van der Waals surface area (Å²) in [4.78, 5) is 23.7. The molecule has 1 aromatic heterocycles. The first kappa shape index (κ1) is 22.7. The standard InChI is InChI=1S/C22H20Cl2N2O5/c1-12-9-15(23)4-6-18(12)30-8-7-25-22(29)20-13(2)31-26-21(20)16-5-3-14(10-17(16)24)11-19(27)28/h3-6,9-10H,7-8,11H2,1-2H3,(H,25,29)(H,27,28). The van der Waals surface area contributed by atoms with Crippen LogP contribution in [0.25, 0.3) is 11.3 Å². The number of benzene rings is 2. The second-order valence-electron chi connectivity index (χ2n) is 6.86. The van der Waals surface area contributed by atoms with Crippen LogP contribution in [0.3, 0.4) is 0 Å². The number of carbonyl (C=O) groups excluding carboxylic acids is 1. The molecule has 0 fully saturated rings. The quantitative estimate of drug-likeness (QED) is 0.470. The number of hydrogen-bond donors (Lipinski definition) is 2. The van der Waals surface area contributed by atoms with Crippen molar-refractivity contribution in [2.24, 2.45) is 0 Å². The minimum atomic E-state index is -0.961. The number of hydrogen-bond acceptors (Lipinski definition) is 5. The van der Waals surface area contributed by atoms with Crippen LogP contribution >= 0.6 is 23.2 Å². The molecule has 0 saturated carbocycles. The lowest BCUT2D eigenvalue weighted by Crippen LogP contribution is -2.28. The molecule has 0 bridgehead atoms. The van der Waals surface area contributed by atoms with Crippen molar-refractivity contribution in [1.82, 2.24) is 10.5 Å². The van der Waals surface area contributed by atoms with Crippen LogP contribution in [0.5, 0.6) is 5.75 Å². The van der Waals surface area contributed by atoms with Gasteiger partial charge in [0.05, 0.1) is 18.0 Å². The number of nitrogens with one attached hydrogen (secondary N) is 1. The van der Waals surface area contributed by atoms with Gasteiger partial charge in [-0.05, 0) is 49.2 Å². The molecule has 7 nitrogen and oxygen atoms in total. The van der Waals surface area contributed by atoms with E-state index in [9.17, 15) is 9.59 Å². The third kappa shape index (κ3) is 5.57. The molecule has 0 atom stereocenters. The van der Waals surface area contributed by atoms with Crippen molar-refractivity contribution < 1.29 is 24.0 Å². The summed E-state index contributed by atoms with van der Waals surface area (Å²) in [6.07, 6.45) is -0.154. The fourth-order valence-electron chi connectivity index (χ4n) is 3.05. The van der Waals surface area contributed by atoms with Crippen LogP contribution < -0.4 is 10.1 Å². The van der Waals surface area contributed by atoms with Gasteiger partial charge in [0.15, 0.2) is 0 Å². The number of nitrogens with zero attached hydrogens (tertiary/aromatic N) is 1. The van der Waals surface area contributed by atoms with Crippen LogP contribution in [0, 0.1) is 13.8 Å². The van der Waals surface area contributed by atoms with E-state index in [0.717, 1.165) is 5.56 Å². The summed E-state index contributed by atoms with van der Waals surface area (Å²) >= 11 is 12.3. The number of carbonyl (C=O) groups is 2. The van der Waals surface area contributed by atoms with Crippen molar-refractivity contribution in [3.8, 4) is 17.0 Å². The second-order valence-corrected chi connectivity index (χ2v) is 7.70. The number of carboxylic acids is 1. The second kappa shape index (κ2) is 9.85. The first-order valence-corrected chi connectivity index (χ1v) is 10.2. The van der Waals surface area contributed by atoms with E-state index in [4.69, 9.17) is 37.6 Å². The van der Waals surface area contributed by atoms with Gasteiger partial charge in [0.2, 0.25) is 0 Å². The zero-order valence-electron chi connectivity index (χ0n) is 16.9. The van der Waals surface area contributed by atoms with Crippen LogP contribution in [-0.2, 0) is 11.2 Å². The van der Waals surface area contributed by atoms with Crippen molar-refractivity contribution in [2.45, 2.75) is 20.3 Å². The Hall–Kier alpha value is -3.03. The SMILES string of the molecule is Cc1cc(Cl)ccc1OCCNC(=O)c1c(-c2ccc(CC(=O)O)cc2Cl)noc1C. The zero-order chi connectivity index (χ0) is 22.5. The van der Waals surface area contributed by atoms with Crippen molar-refractivity contribution in [3.05, 3.63) is 68.9 Å². The maximum absolute atomic E-state index is 12.8. The number of ether oxygens (including phenoxy) is 1. The minimum absolute atomic E-state index is 0.154. The topological polar surface area (TPSA) is 102 Å². The van der Waals surface area contributed by atoms with Gasteiger partial charge >= 0.3 is 5.97 Å². The van der Waals surface area contributed by atoms with E-state index < -0.39 is 5.97 Å². The van der Waals surface area contributed by atoms with Crippen LogP contribution in [0.2, 0.25) is 10.0 Å². The molecule has 1 heterocycles. The summed E-state index contributed by atoms with van der Waals surface area (Å²) < 4.78 is 10.9. The van der Waals surface area contributed by atoms with E-state index in [1.807, 2.05) is 6.92 Å². The number of carboxylic acid groups (broad SMARTS) is 1. The molecule has 0 aliphatic heterocycles. The number of aliphatic carboxylic acids is 1. The molecule has 0 spiro atoms. The maximum Gasteiger partial charge on any atom is 0.307 e. The smallest absolute Gasteiger partial charge is 0.307 e. The highest BCUT2D eigenvalue weighted by atomic mass is 35.5. The summed E-state index contributed by atoms with van der Waals surface area (Å²) in [5.74, 6) is -0.311. The van der Waals surface area contributed by atoms with Crippen LogP contribution in [0.15, 0.2) is 40.9 Å². The molecule has 2 aromatic carbocycles. The highest BCUT2D eigenvalue weighted by Crippen LogP contribution is 2.32. The lowest BCUT2D eigenvalue weighted by molar-refractivity contribution is -0.136.